The molecular formula is C44H51N7O7. The summed E-state index contributed by atoms with van der Waals surface area (Å²) in [5, 5.41) is 14.9. The molecule has 2 atom stereocenters. The highest BCUT2D eigenvalue weighted by Gasteiger charge is 2.53. The topological polar surface area (TPSA) is 214 Å². The largest absolute Gasteiger partial charge is 0.469 e. The molecule has 0 aromatic carbocycles. The molecule has 0 saturated carbocycles. The summed E-state index contributed by atoms with van der Waals surface area (Å²) in [6, 6.07) is 7.73. The number of fused-ring (bicyclic) bond motifs is 11. The minimum atomic E-state index is -1.18. The minimum Gasteiger partial charge on any atom is -0.469 e. The molecule has 14 nitrogen and oxygen atoms in total. The van der Waals surface area contributed by atoms with Crippen molar-refractivity contribution >= 4 is 68.6 Å². The lowest BCUT2D eigenvalue weighted by molar-refractivity contribution is -0.149. The summed E-state index contributed by atoms with van der Waals surface area (Å²) < 4.78 is 10.5. The SMILES string of the molecule is C=Cc1c(C)c2cc3nc(cc4[nH]c(cc5nc(cc1[nH]2)C(C)=C5CCC(=O)NCCN)c(CCC(=O)NCCO)c4C)C1(C)C3=CC=C(C(=O)OC)C1C(=O)OC. The number of allylic oxidation sites excluding steroid dienone is 5. The molecule has 6 rings (SSSR count). The van der Waals surface area contributed by atoms with Crippen LogP contribution >= 0.6 is 0 Å². The van der Waals surface area contributed by atoms with Crippen molar-refractivity contribution in [3.05, 3.63) is 93.6 Å². The number of carbonyl (C=O) groups excluding carboxylic acids is 4. The molecule has 0 spiro atoms. The maximum atomic E-state index is 13.8. The zero-order chi connectivity index (χ0) is 41.9. The second-order valence-electron chi connectivity index (χ2n) is 14.8. The van der Waals surface area contributed by atoms with Crippen LogP contribution in [0.25, 0.3) is 44.9 Å². The molecular weight excluding hydrogens is 739 g/mol. The number of rotatable bonds is 13. The molecule has 7 N–H and O–H groups in total. The van der Waals surface area contributed by atoms with Gasteiger partial charge in [-0.3, -0.25) is 19.4 Å². The van der Waals surface area contributed by atoms with Gasteiger partial charge in [-0.15, -0.1) is 0 Å². The van der Waals surface area contributed by atoms with Gasteiger partial charge in [0.25, 0.3) is 0 Å². The van der Waals surface area contributed by atoms with E-state index in [4.69, 9.17) is 25.2 Å². The molecule has 58 heavy (non-hydrogen) atoms. The molecule has 2 aliphatic heterocycles. The zero-order valence-electron chi connectivity index (χ0n) is 33.9. The number of ether oxygens (including phenoxy) is 2. The maximum Gasteiger partial charge on any atom is 0.334 e. The van der Waals surface area contributed by atoms with E-state index in [0.29, 0.717) is 65.3 Å². The van der Waals surface area contributed by atoms with Crippen LogP contribution in [-0.4, -0.2) is 89.3 Å². The second-order valence-corrected chi connectivity index (χ2v) is 14.8. The number of nitrogens with two attached hydrogens (primary N) is 1. The molecule has 1 aliphatic carbocycles. The Morgan fingerprint density at radius 2 is 1.52 bits per heavy atom. The van der Waals surface area contributed by atoms with Crippen LogP contribution in [0.2, 0.25) is 0 Å². The standard InChI is InChI=1S/C44H51N7O7/c1-8-26-23(2)32-20-37-30-12-9-29(42(55)57-6)41(43(56)58-7)44(30,5)38(51-37)22-33-25(4)28(11-14-40(54)47-17-18-52)36(50-33)21-35-27(10-13-39(53)46-16-15-45)24(3)31(49-35)19-34(26)48-32/h8-9,12,19-22,41,48,50,52H,1,10-11,13-18,45H2,2-7H3,(H,46,53)(H,47,54). The van der Waals surface area contributed by atoms with Gasteiger partial charge < -0.3 is 40.9 Å². The van der Waals surface area contributed by atoms with Gasteiger partial charge in [0.15, 0.2) is 0 Å². The number of H-pyrrole nitrogens is 2. The van der Waals surface area contributed by atoms with Crippen LogP contribution in [0.1, 0.15) is 78.1 Å². The Balaban J connectivity index is 1.70. The highest BCUT2D eigenvalue weighted by Crippen LogP contribution is 2.52. The predicted molar refractivity (Wildman–Crippen MR) is 224 cm³/mol. The van der Waals surface area contributed by atoms with Crippen LogP contribution in [0, 0.1) is 19.8 Å². The number of carbonyl (C=O) groups is 4. The predicted octanol–water partition coefficient (Wildman–Crippen LogP) is 4.65. The highest BCUT2D eigenvalue weighted by molar-refractivity contribution is 6.02. The van der Waals surface area contributed by atoms with Crippen molar-refractivity contribution in [1.29, 1.82) is 0 Å². The first-order chi connectivity index (χ1) is 27.8. The number of nitrogens with one attached hydrogen (secondary N) is 4. The van der Waals surface area contributed by atoms with E-state index in [-0.39, 0.29) is 43.4 Å². The average molecular weight is 790 g/mol. The lowest BCUT2D eigenvalue weighted by Crippen LogP contribution is -2.42. The molecule has 3 aromatic heterocycles. The maximum absolute atomic E-state index is 13.8. The summed E-state index contributed by atoms with van der Waals surface area (Å²) in [6.07, 6.45) is 6.33. The number of aromatic nitrogens is 4. The number of methoxy groups -OCH3 is 2. The lowest BCUT2D eigenvalue weighted by Gasteiger charge is -2.36. The zero-order valence-corrected chi connectivity index (χ0v) is 33.9. The van der Waals surface area contributed by atoms with Crippen LogP contribution in [0.3, 0.4) is 0 Å². The third-order valence-electron chi connectivity index (χ3n) is 11.4. The number of nitrogens with zero attached hydrogens (tertiary/aromatic N) is 2. The fourth-order valence-electron chi connectivity index (χ4n) is 8.18. The number of aryl methyl sites for hydroxylation is 3. The van der Waals surface area contributed by atoms with Gasteiger partial charge in [0.1, 0.15) is 5.92 Å². The summed E-state index contributed by atoms with van der Waals surface area (Å²) >= 11 is 0. The normalized spacial score (nSPS) is 17.2. The van der Waals surface area contributed by atoms with Crippen molar-refractivity contribution in [2.75, 3.05) is 40.5 Å². The van der Waals surface area contributed by atoms with Gasteiger partial charge in [-0.2, -0.15) is 0 Å². The molecule has 5 heterocycles. The van der Waals surface area contributed by atoms with Gasteiger partial charge >= 0.3 is 11.9 Å². The van der Waals surface area contributed by atoms with Crippen molar-refractivity contribution < 1.29 is 33.8 Å². The smallest absolute Gasteiger partial charge is 0.334 e. The van der Waals surface area contributed by atoms with Crippen molar-refractivity contribution in [2.24, 2.45) is 11.7 Å². The van der Waals surface area contributed by atoms with Gasteiger partial charge in [0, 0.05) is 60.1 Å². The van der Waals surface area contributed by atoms with Crippen molar-refractivity contribution in [3.63, 3.8) is 0 Å². The molecule has 8 bridgehead atoms. The molecule has 0 radical (unpaired) electrons. The number of amides is 2. The van der Waals surface area contributed by atoms with E-state index in [1.54, 1.807) is 12.2 Å². The fraction of sp³-hybridized carbons (Fsp3) is 0.364. The number of aliphatic hydroxyl groups excluding tert-OH is 1. The van der Waals surface area contributed by atoms with E-state index in [0.717, 1.165) is 44.4 Å². The van der Waals surface area contributed by atoms with Crippen molar-refractivity contribution in [2.45, 2.75) is 58.8 Å². The Labute approximate surface area is 336 Å². The third kappa shape index (κ3) is 7.64. The molecule has 304 valence electrons. The number of hydrogen-bond donors (Lipinski definition) is 6. The lowest BCUT2D eigenvalue weighted by atomic mass is 9.64. The van der Waals surface area contributed by atoms with E-state index in [9.17, 15) is 24.3 Å². The highest BCUT2D eigenvalue weighted by atomic mass is 16.5. The minimum absolute atomic E-state index is 0.120. The monoisotopic (exact) mass is 789 g/mol. The summed E-state index contributed by atoms with van der Waals surface area (Å²) in [5.41, 5.74) is 16.0. The van der Waals surface area contributed by atoms with Crippen LogP contribution in [0.5, 0.6) is 0 Å². The van der Waals surface area contributed by atoms with Gasteiger partial charge in [-0.1, -0.05) is 24.8 Å². The van der Waals surface area contributed by atoms with Gasteiger partial charge in [-0.05, 0) is 98.2 Å². The Morgan fingerprint density at radius 3 is 2.19 bits per heavy atom. The molecule has 0 saturated heterocycles. The van der Waals surface area contributed by atoms with E-state index < -0.39 is 23.3 Å². The van der Waals surface area contributed by atoms with E-state index in [1.165, 1.54) is 14.2 Å². The average Bonchev–Trinajstić information content (AvgIpc) is 3.87. The Hall–Kier alpha value is -6.12. The quantitative estimate of drug-likeness (QED) is 0.132. The summed E-state index contributed by atoms with van der Waals surface area (Å²) in [6.45, 7) is 12.6. The molecule has 3 aliphatic rings. The van der Waals surface area contributed by atoms with Crippen LogP contribution in [0.15, 0.2) is 48.6 Å². The molecule has 3 aromatic rings. The van der Waals surface area contributed by atoms with Crippen LogP contribution in [0.4, 0.5) is 0 Å². The summed E-state index contributed by atoms with van der Waals surface area (Å²) in [4.78, 5) is 70.1. The van der Waals surface area contributed by atoms with Gasteiger partial charge in [0.2, 0.25) is 11.8 Å². The summed E-state index contributed by atoms with van der Waals surface area (Å²) in [5.74, 6) is -2.71. The van der Waals surface area contributed by atoms with Crippen molar-refractivity contribution in [3.8, 4) is 0 Å². The first-order valence-corrected chi connectivity index (χ1v) is 19.3. The number of hydrogen-bond acceptors (Lipinski definition) is 10. The Kier molecular flexibility index (Phi) is 12.3. The number of aromatic amines is 2. The second kappa shape index (κ2) is 17.2. The first kappa shape index (κ1) is 41.5. The van der Waals surface area contributed by atoms with Crippen LogP contribution < -0.4 is 16.4 Å². The van der Waals surface area contributed by atoms with E-state index in [1.807, 2.05) is 58.0 Å². The molecule has 0 fully saturated rings. The summed E-state index contributed by atoms with van der Waals surface area (Å²) in [7, 11) is 2.56. The van der Waals surface area contributed by atoms with Crippen LogP contribution in [-0.2, 0) is 40.5 Å². The van der Waals surface area contributed by atoms with E-state index >= 15 is 0 Å². The van der Waals surface area contributed by atoms with Crippen molar-refractivity contribution in [1.82, 2.24) is 30.6 Å². The Morgan fingerprint density at radius 1 is 0.862 bits per heavy atom. The van der Waals surface area contributed by atoms with E-state index in [2.05, 4.69) is 27.2 Å². The third-order valence-corrected chi connectivity index (χ3v) is 11.4. The number of aliphatic hydroxyl groups is 1. The molecule has 14 heteroatoms. The first-order valence-electron chi connectivity index (χ1n) is 19.3. The number of esters is 2. The van der Waals surface area contributed by atoms with Gasteiger partial charge in [0.05, 0.1) is 54.6 Å². The Bertz CT molecular complexity index is 2470. The van der Waals surface area contributed by atoms with Gasteiger partial charge in [-0.25, -0.2) is 9.78 Å². The molecule has 2 unspecified atom stereocenters. The fourth-order valence-corrected chi connectivity index (χ4v) is 8.18. The molecule has 2 amide bonds.